The van der Waals surface area contributed by atoms with E-state index in [1.165, 1.54) is 11.8 Å². The summed E-state index contributed by atoms with van der Waals surface area (Å²) in [5.41, 5.74) is 0. The molecule has 2 N–H and O–H groups in total. The molecule has 2 amide bonds. The van der Waals surface area contributed by atoms with Gasteiger partial charge in [0, 0.05) is 31.7 Å². The Morgan fingerprint density at radius 3 is 2.79 bits per heavy atom. The molecule has 1 aliphatic heterocycles. The van der Waals surface area contributed by atoms with Crippen molar-refractivity contribution in [1.29, 1.82) is 0 Å². The first-order valence-electron chi connectivity index (χ1n) is 6.33. The van der Waals surface area contributed by atoms with Crippen LogP contribution in [0.5, 0.6) is 0 Å². The molecule has 0 spiro atoms. The van der Waals surface area contributed by atoms with E-state index in [0.717, 1.165) is 13.0 Å². The lowest BCUT2D eigenvalue weighted by atomic mass is 10.2. The van der Waals surface area contributed by atoms with Gasteiger partial charge in [0.1, 0.15) is 6.04 Å². The molecule has 1 atom stereocenters. The number of carboxylic acid groups (broad SMARTS) is 1. The highest BCUT2D eigenvalue weighted by atomic mass is 32.2. The highest BCUT2D eigenvalue weighted by Gasteiger charge is 2.21. The molecule has 0 aromatic carbocycles. The molecule has 0 bridgehead atoms. The van der Waals surface area contributed by atoms with Gasteiger partial charge in [0.25, 0.3) is 0 Å². The SMILES string of the molecule is CSC[C@H](NC(=O)CCCN1CCCC1=O)C(=O)O. The number of nitrogens with zero attached hydrogens (tertiary/aromatic N) is 1. The lowest BCUT2D eigenvalue weighted by molar-refractivity contribution is -0.141. The number of likely N-dealkylation sites (tertiary alicyclic amines) is 1. The van der Waals surface area contributed by atoms with Crippen molar-refractivity contribution in [1.82, 2.24) is 10.2 Å². The summed E-state index contributed by atoms with van der Waals surface area (Å²) in [6.45, 7) is 1.34. The minimum atomic E-state index is -1.02. The topological polar surface area (TPSA) is 86.7 Å². The Morgan fingerprint density at radius 1 is 1.53 bits per heavy atom. The molecular formula is C12H20N2O4S. The van der Waals surface area contributed by atoms with E-state index in [2.05, 4.69) is 5.32 Å². The molecule has 6 nitrogen and oxygen atoms in total. The lowest BCUT2D eigenvalue weighted by Gasteiger charge is -2.16. The van der Waals surface area contributed by atoms with E-state index in [1.54, 1.807) is 11.2 Å². The molecule has 0 unspecified atom stereocenters. The van der Waals surface area contributed by atoms with Crippen LogP contribution in [0.4, 0.5) is 0 Å². The van der Waals surface area contributed by atoms with Gasteiger partial charge < -0.3 is 15.3 Å². The molecule has 1 fully saturated rings. The van der Waals surface area contributed by atoms with Crippen molar-refractivity contribution in [3.63, 3.8) is 0 Å². The molecule has 1 aliphatic rings. The molecule has 0 saturated carbocycles. The van der Waals surface area contributed by atoms with Crippen LogP contribution < -0.4 is 5.32 Å². The highest BCUT2D eigenvalue weighted by Crippen LogP contribution is 2.10. The maximum Gasteiger partial charge on any atom is 0.327 e. The average molecular weight is 288 g/mol. The fourth-order valence-electron chi connectivity index (χ4n) is 1.98. The summed E-state index contributed by atoms with van der Waals surface area (Å²) in [7, 11) is 0. The van der Waals surface area contributed by atoms with Crippen LogP contribution in [0.2, 0.25) is 0 Å². The second-order valence-corrected chi connectivity index (χ2v) is 5.41. The number of hydrogen-bond acceptors (Lipinski definition) is 4. The Balaban J connectivity index is 2.23. The third-order valence-corrected chi connectivity index (χ3v) is 3.64. The smallest absolute Gasteiger partial charge is 0.327 e. The van der Waals surface area contributed by atoms with E-state index < -0.39 is 12.0 Å². The van der Waals surface area contributed by atoms with Crippen molar-refractivity contribution in [3.8, 4) is 0 Å². The quantitative estimate of drug-likeness (QED) is 0.672. The van der Waals surface area contributed by atoms with Crippen LogP contribution in [0, 0.1) is 0 Å². The normalized spacial score (nSPS) is 16.5. The van der Waals surface area contributed by atoms with Crippen molar-refractivity contribution in [3.05, 3.63) is 0 Å². The molecule has 0 aromatic heterocycles. The predicted molar refractivity (Wildman–Crippen MR) is 73.0 cm³/mol. The number of rotatable bonds is 8. The number of nitrogens with one attached hydrogen (secondary N) is 1. The maximum atomic E-state index is 11.6. The zero-order valence-corrected chi connectivity index (χ0v) is 11.9. The van der Waals surface area contributed by atoms with Gasteiger partial charge in [-0.25, -0.2) is 4.79 Å². The maximum absolute atomic E-state index is 11.6. The van der Waals surface area contributed by atoms with Crippen LogP contribution in [-0.2, 0) is 14.4 Å². The summed E-state index contributed by atoms with van der Waals surface area (Å²) in [5.74, 6) is -0.789. The van der Waals surface area contributed by atoms with Crippen molar-refractivity contribution in [2.24, 2.45) is 0 Å². The van der Waals surface area contributed by atoms with E-state index in [0.29, 0.717) is 25.1 Å². The molecule has 0 aromatic rings. The first kappa shape index (κ1) is 15.8. The van der Waals surface area contributed by atoms with Gasteiger partial charge in [0.05, 0.1) is 0 Å². The van der Waals surface area contributed by atoms with Gasteiger partial charge in [-0.05, 0) is 19.1 Å². The van der Waals surface area contributed by atoms with E-state index in [4.69, 9.17) is 5.11 Å². The number of amides is 2. The van der Waals surface area contributed by atoms with Crippen LogP contribution >= 0.6 is 11.8 Å². The average Bonchev–Trinajstić information content (AvgIpc) is 2.74. The molecule has 7 heteroatoms. The third-order valence-electron chi connectivity index (χ3n) is 2.97. The molecule has 19 heavy (non-hydrogen) atoms. The second-order valence-electron chi connectivity index (χ2n) is 4.50. The summed E-state index contributed by atoms with van der Waals surface area (Å²) < 4.78 is 0. The number of carbonyl (C=O) groups excluding carboxylic acids is 2. The minimum absolute atomic E-state index is 0.145. The zero-order chi connectivity index (χ0) is 14.3. The zero-order valence-electron chi connectivity index (χ0n) is 11.1. The summed E-state index contributed by atoms with van der Waals surface area (Å²) in [4.78, 5) is 35.6. The fraction of sp³-hybridized carbons (Fsp3) is 0.750. The van der Waals surface area contributed by atoms with Crippen LogP contribution in [-0.4, -0.2) is 58.9 Å². The summed E-state index contributed by atoms with van der Waals surface area (Å²) >= 11 is 1.38. The Labute approximate surface area is 116 Å². The Hall–Kier alpha value is -1.24. The minimum Gasteiger partial charge on any atom is -0.480 e. The highest BCUT2D eigenvalue weighted by molar-refractivity contribution is 7.98. The summed E-state index contributed by atoms with van der Waals surface area (Å²) in [6.07, 6.45) is 4.10. The summed E-state index contributed by atoms with van der Waals surface area (Å²) in [6, 6.07) is -0.837. The number of carbonyl (C=O) groups is 3. The van der Waals surface area contributed by atoms with Crippen LogP contribution in [0.1, 0.15) is 25.7 Å². The Kier molecular flexibility index (Phi) is 6.69. The first-order chi connectivity index (χ1) is 9.04. The molecule has 0 radical (unpaired) electrons. The molecule has 108 valence electrons. The van der Waals surface area contributed by atoms with Crippen LogP contribution in [0.3, 0.4) is 0 Å². The van der Waals surface area contributed by atoms with E-state index in [-0.39, 0.29) is 18.2 Å². The Morgan fingerprint density at radius 2 is 2.26 bits per heavy atom. The number of aliphatic carboxylic acids is 1. The van der Waals surface area contributed by atoms with Gasteiger partial charge in [-0.3, -0.25) is 9.59 Å². The van der Waals surface area contributed by atoms with E-state index in [9.17, 15) is 14.4 Å². The van der Waals surface area contributed by atoms with E-state index in [1.807, 2.05) is 0 Å². The summed E-state index contributed by atoms with van der Waals surface area (Å²) in [5, 5.41) is 11.4. The third kappa shape index (κ3) is 5.50. The van der Waals surface area contributed by atoms with Crippen molar-refractivity contribution in [2.45, 2.75) is 31.7 Å². The second kappa shape index (κ2) is 8.04. The number of thioether (sulfide) groups is 1. The molecule has 0 aliphatic carbocycles. The van der Waals surface area contributed by atoms with Gasteiger partial charge in [-0.2, -0.15) is 11.8 Å². The molecule has 1 heterocycles. The predicted octanol–water partition coefficient (Wildman–Crippen LogP) is 0.321. The lowest BCUT2D eigenvalue weighted by Crippen LogP contribution is -2.42. The van der Waals surface area contributed by atoms with Crippen LogP contribution in [0.15, 0.2) is 0 Å². The number of hydrogen-bond donors (Lipinski definition) is 2. The van der Waals surface area contributed by atoms with Gasteiger partial charge in [-0.1, -0.05) is 0 Å². The molecule has 1 rings (SSSR count). The fourth-order valence-corrected chi connectivity index (χ4v) is 2.54. The Bertz CT molecular complexity index is 349. The van der Waals surface area contributed by atoms with E-state index >= 15 is 0 Å². The largest absolute Gasteiger partial charge is 0.480 e. The van der Waals surface area contributed by atoms with Gasteiger partial charge in [-0.15, -0.1) is 0 Å². The molecular weight excluding hydrogens is 268 g/mol. The van der Waals surface area contributed by atoms with Gasteiger partial charge in [0.2, 0.25) is 11.8 Å². The number of carboxylic acids is 1. The molecule has 1 saturated heterocycles. The van der Waals surface area contributed by atoms with Crippen molar-refractivity contribution < 1.29 is 19.5 Å². The first-order valence-corrected chi connectivity index (χ1v) is 7.73. The standard InChI is InChI=1S/C12H20N2O4S/c1-19-8-9(12(17)18)13-10(15)4-2-6-14-7-3-5-11(14)16/h9H,2-8H2,1H3,(H,13,15)(H,17,18)/t9-/m0/s1. The van der Waals surface area contributed by atoms with Crippen LogP contribution in [0.25, 0.3) is 0 Å². The van der Waals surface area contributed by atoms with Gasteiger partial charge >= 0.3 is 5.97 Å². The van der Waals surface area contributed by atoms with Gasteiger partial charge in [0.15, 0.2) is 0 Å². The van der Waals surface area contributed by atoms with Crippen molar-refractivity contribution in [2.75, 3.05) is 25.1 Å². The van der Waals surface area contributed by atoms with Crippen molar-refractivity contribution >= 4 is 29.5 Å². The monoisotopic (exact) mass is 288 g/mol.